The maximum absolute atomic E-state index is 11.6. The van der Waals surface area contributed by atoms with Gasteiger partial charge in [0.15, 0.2) is 0 Å². The lowest BCUT2D eigenvalue weighted by Crippen LogP contribution is -1.93. The lowest BCUT2D eigenvalue weighted by Gasteiger charge is -1.64. The summed E-state index contributed by atoms with van der Waals surface area (Å²) in [4.78, 5) is 9.96. The minimum Gasteiger partial charge on any atom is -0.273 e. The maximum Gasteiger partial charge on any atom is 0.266 e. The van der Waals surface area contributed by atoms with Crippen molar-refractivity contribution >= 4 is 0 Å². The number of nitrogens with one attached hydrogen (secondary N) is 2. The second-order valence-corrected chi connectivity index (χ2v) is 1.11. The third-order valence-electron chi connectivity index (χ3n) is 0.563. The summed E-state index contributed by atoms with van der Waals surface area (Å²) in [6.45, 7) is 0. The standard InChI is InChI=1S/C3H3FN2O/c4-2-1-3(7)6-5-2/h1H,(H2,5,6,7). The Labute approximate surface area is 38.2 Å². The van der Waals surface area contributed by atoms with Gasteiger partial charge in [-0.3, -0.25) is 15.0 Å². The summed E-state index contributed by atoms with van der Waals surface area (Å²) >= 11 is 0. The van der Waals surface area contributed by atoms with Crippen LogP contribution >= 0.6 is 0 Å². The molecule has 7 heavy (non-hydrogen) atoms. The number of rotatable bonds is 0. The molecule has 1 aromatic heterocycles. The van der Waals surface area contributed by atoms with E-state index < -0.39 is 11.5 Å². The van der Waals surface area contributed by atoms with Crippen LogP contribution in [-0.2, 0) is 0 Å². The quantitative estimate of drug-likeness (QED) is 0.470. The highest BCUT2D eigenvalue weighted by Gasteiger charge is 1.86. The summed E-state index contributed by atoms with van der Waals surface area (Å²) in [5.41, 5.74) is -0.447. The Morgan fingerprint density at radius 1 is 1.57 bits per heavy atom. The van der Waals surface area contributed by atoms with Gasteiger partial charge in [-0.25, -0.2) is 0 Å². The van der Waals surface area contributed by atoms with Crippen LogP contribution in [0.4, 0.5) is 4.39 Å². The first kappa shape index (κ1) is 4.11. The van der Waals surface area contributed by atoms with Gasteiger partial charge in [0.05, 0.1) is 6.07 Å². The van der Waals surface area contributed by atoms with E-state index in [1.807, 2.05) is 10.2 Å². The summed E-state index contributed by atoms with van der Waals surface area (Å²) in [6, 6.07) is 0.833. The van der Waals surface area contributed by atoms with E-state index in [0.717, 1.165) is 6.07 Å². The SMILES string of the molecule is O=c1cc(F)[nH][nH]1. The molecule has 0 aliphatic rings. The molecule has 1 rings (SSSR count). The Morgan fingerprint density at radius 3 is 2.43 bits per heavy atom. The van der Waals surface area contributed by atoms with Crippen molar-refractivity contribution < 1.29 is 4.39 Å². The summed E-state index contributed by atoms with van der Waals surface area (Å²) in [6.07, 6.45) is 0. The summed E-state index contributed by atoms with van der Waals surface area (Å²) in [5, 5.41) is 3.98. The molecule has 1 aromatic rings. The second kappa shape index (κ2) is 1.22. The molecule has 2 N–H and O–H groups in total. The number of aromatic nitrogens is 2. The van der Waals surface area contributed by atoms with Crippen molar-refractivity contribution in [1.29, 1.82) is 0 Å². The second-order valence-electron chi connectivity index (χ2n) is 1.11. The molecule has 0 saturated carbocycles. The van der Waals surface area contributed by atoms with E-state index in [4.69, 9.17) is 0 Å². The molecule has 4 heteroatoms. The lowest BCUT2D eigenvalue weighted by atomic mass is 10.7. The van der Waals surface area contributed by atoms with Gasteiger partial charge >= 0.3 is 0 Å². The summed E-state index contributed by atoms with van der Waals surface area (Å²) < 4.78 is 11.6. The number of hydrogen-bond donors (Lipinski definition) is 2. The molecule has 0 spiro atoms. The van der Waals surface area contributed by atoms with Gasteiger partial charge in [-0.1, -0.05) is 0 Å². The van der Waals surface area contributed by atoms with Crippen molar-refractivity contribution in [2.75, 3.05) is 0 Å². The molecule has 0 unspecified atom stereocenters. The fourth-order valence-electron chi connectivity index (χ4n) is 0.309. The van der Waals surface area contributed by atoms with E-state index in [1.54, 1.807) is 0 Å². The van der Waals surface area contributed by atoms with E-state index in [2.05, 4.69) is 0 Å². The molecule has 0 atom stereocenters. The van der Waals surface area contributed by atoms with Crippen LogP contribution in [0, 0.1) is 5.95 Å². The Bertz CT molecular complexity index is 201. The van der Waals surface area contributed by atoms with Crippen LogP contribution in [0.25, 0.3) is 0 Å². The number of halogens is 1. The molecule has 0 amide bonds. The van der Waals surface area contributed by atoms with Gasteiger partial charge in [0.2, 0.25) is 5.95 Å². The molecule has 1 heterocycles. The highest BCUT2D eigenvalue weighted by Crippen LogP contribution is 1.76. The smallest absolute Gasteiger partial charge is 0.266 e. The van der Waals surface area contributed by atoms with Crippen LogP contribution < -0.4 is 5.56 Å². The summed E-state index contributed by atoms with van der Waals surface area (Å²) in [5.74, 6) is -0.634. The molecule has 0 saturated heterocycles. The van der Waals surface area contributed by atoms with Crippen LogP contribution in [0.15, 0.2) is 10.9 Å². The van der Waals surface area contributed by atoms with Gasteiger partial charge in [0, 0.05) is 0 Å². The van der Waals surface area contributed by atoms with E-state index in [1.165, 1.54) is 0 Å². The van der Waals surface area contributed by atoms with Crippen molar-refractivity contribution in [3.8, 4) is 0 Å². The van der Waals surface area contributed by atoms with Crippen molar-refractivity contribution in [3.63, 3.8) is 0 Å². The monoisotopic (exact) mass is 102 g/mol. The highest BCUT2D eigenvalue weighted by atomic mass is 19.1. The van der Waals surface area contributed by atoms with Crippen molar-refractivity contribution in [1.82, 2.24) is 10.2 Å². The van der Waals surface area contributed by atoms with Crippen LogP contribution in [-0.4, -0.2) is 10.2 Å². The fraction of sp³-hybridized carbons (Fsp3) is 0. The van der Waals surface area contributed by atoms with E-state index in [9.17, 15) is 9.18 Å². The number of H-pyrrole nitrogens is 2. The third kappa shape index (κ3) is 0.677. The van der Waals surface area contributed by atoms with Crippen LogP contribution in [0.3, 0.4) is 0 Å². The molecule has 0 aliphatic heterocycles. The molecule has 0 bridgehead atoms. The average Bonchev–Trinajstić information content (AvgIpc) is 1.87. The van der Waals surface area contributed by atoms with Crippen LogP contribution in [0.5, 0.6) is 0 Å². The Balaban J connectivity index is 3.30. The zero-order valence-corrected chi connectivity index (χ0v) is 3.36. The molecule has 0 aliphatic carbocycles. The molecule has 0 aromatic carbocycles. The van der Waals surface area contributed by atoms with Crippen LogP contribution in [0.1, 0.15) is 0 Å². The van der Waals surface area contributed by atoms with Gasteiger partial charge in [-0.05, 0) is 0 Å². The van der Waals surface area contributed by atoms with Crippen molar-refractivity contribution in [2.45, 2.75) is 0 Å². The van der Waals surface area contributed by atoms with Gasteiger partial charge in [-0.2, -0.15) is 4.39 Å². The zero-order chi connectivity index (χ0) is 5.28. The topological polar surface area (TPSA) is 48.6 Å². The normalized spacial score (nSPS) is 9.29. The average molecular weight is 102 g/mol. The molecule has 0 fully saturated rings. The maximum atomic E-state index is 11.6. The largest absolute Gasteiger partial charge is 0.273 e. The van der Waals surface area contributed by atoms with Crippen molar-refractivity contribution in [2.24, 2.45) is 0 Å². The van der Waals surface area contributed by atoms with Gasteiger partial charge < -0.3 is 0 Å². The van der Waals surface area contributed by atoms with Gasteiger partial charge in [0.25, 0.3) is 5.56 Å². The minimum atomic E-state index is -0.634. The molecular weight excluding hydrogens is 99.0 g/mol. The first-order valence-electron chi connectivity index (χ1n) is 1.72. The van der Waals surface area contributed by atoms with E-state index in [-0.39, 0.29) is 0 Å². The molecule has 38 valence electrons. The number of hydrogen-bond acceptors (Lipinski definition) is 1. The highest BCUT2D eigenvalue weighted by molar-refractivity contribution is 4.79. The molecule has 0 radical (unpaired) electrons. The third-order valence-corrected chi connectivity index (χ3v) is 0.563. The Kier molecular flexibility index (Phi) is 0.714. The van der Waals surface area contributed by atoms with Crippen LogP contribution in [0.2, 0.25) is 0 Å². The summed E-state index contributed by atoms with van der Waals surface area (Å²) in [7, 11) is 0. The first-order valence-corrected chi connectivity index (χ1v) is 1.72. The number of aromatic amines is 2. The molecular formula is C3H3FN2O. The fourth-order valence-corrected chi connectivity index (χ4v) is 0.309. The van der Waals surface area contributed by atoms with Gasteiger partial charge in [-0.15, -0.1) is 0 Å². The van der Waals surface area contributed by atoms with Crippen molar-refractivity contribution in [3.05, 3.63) is 22.4 Å². The Morgan fingerprint density at radius 2 is 2.29 bits per heavy atom. The first-order chi connectivity index (χ1) is 3.29. The Hall–Kier alpha value is -1.06. The van der Waals surface area contributed by atoms with Gasteiger partial charge in [0.1, 0.15) is 0 Å². The zero-order valence-electron chi connectivity index (χ0n) is 3.36. The predicted molar refractivity (Wildman–Crippen MR) is 21.4 cm³/mol. The lowest BCUT2D eigenvalue weighted by molar-refractivity contribution is 0.579. The van der Waals surface area contributed by atoms with E-state index >= 15 is 0 Å². The van der Waals surface area contributed by atoms with E-state index in [0.29, 0.717) is 0 Å². The molecule has 3 nitrogen and oxygen atoms in total. The minimum absolute atomic E-state index is 0.447. The predicted octanol–water partition coefficient (Wildman–Crippen LogP) is -0.158.